The first-order chi connectivity index (χ1) is 12.1. The Hall–Kier alpha value is -0.750. The number of benzene rings is 1. The monoisotopic (exact) mass is 437 g/mol. The lowest BCUT2D eigenvalue weighted by atomic mass is 10.0. The number of amides is 1. The van der Waals surface area contributed by atoms with Crippen LogP contribution >= 0.6 is 47.0 Å². The molecule has 0 saturated carbocycles. The highest BCUT2D eigenvalue weighted by atomic mass is 35.6. The first-order valence-electron chi connectivity index (χ1n) is 8.62. The quantitative estimate of drug-likeness (QED) is 0.320. The predicted octanol–water partition coefficient (Wildman–Crippen LogP) is 4.96. The number of para-hydroxylation sites is 1. The molecule has 0 bridgehead atoms. The lowest BCUT2D eigenvalue weighted by molar-refractivity contribution is -0.122. The smallest absolute Gasteiger partial charge is 0.228 e. The van der Waals surface area contributed by atoms with Gasteiger partial charge < -0.3 is 16.0 Å². The number of anilines is 1. The molecule has 0 spiro atoms. The van der Waals surface area contributed by atoms with E-state index in [1.54, 1.807) is 0 Å². The molecule has 0 aliphatic rings. The van der Waals surface area contributed by atoms with Crippen LogP contribution in [0.15, 0.2) is 18.2 Å². The van der Waals surface area contributed by atoms with Crippen LogP contribution in [-0.4, -0.2) is 21.0 Å². The van der Waals surface area contributed by atoms with Crippen LogP contribution in [0.4, 0.5) is 5.69 Å². The molecule has 0 aliphatic carbocycles. The number of hydrogen-bond donors (Lipinski definition) is 3. The molecule has 1 unspecified atom stereocenters. The number of carbonyl (C=O) groups is 1. The van der Waals surface area contributed by atoms with Crippen molar-refractivity contribution in [1.82, 2.24) is 10.6 Å². The lowest BCUT2D eigenvalue weighted by Gasteiger charge is -2.28. The van der Waals surface area contributed by atoms with Crippen LogP contribution < -0.4 is 16.0 Å². The maximum Gasteiger partial charge on any atom is 0.228 e. The predicted molar refractivity (Wildman–Crippen MR) is 116 cm³/mol. The number of halogens is 3. The second-order valence-electron chi connectivity index (χ2n) is 6.40. The first kappa shape index (κ1) is 23.3. The van der Waals surface area contributed by atoms with E-state index in [9.17, 15) is 4.79 Å². The molecule has 1 atom stereocenters. The second-order valence-corrected chi connectivity index (χ2v) is 9.17. The SMILES string of the molecule is CCc1cccc(CC)c1NC(=S)NC(NC(=O)CC(C)C)C(Cl)(Cl)Cl. The summed E-state index contributed by atoms with van der Waals surface area (Å²) in [5.41, 5.74) is 3.23. The number of hydrogen-bond acceptors (Lipinski definition) is 2. The van der Waals surface area contributed by atoms with E-state index in [1.165, 1.54) is 0 Å². The van der Waals surface area contributed by atoms with Gasteiger partial charge >= 0.3 is 0 Å². The van der Waals surface area contributed by atoms with Crippen LogP contribution in [0.5, 0.6) is 0 Å². The molecule has 0 aromatic heterocycles. The Bertz CT molecular complexity index is 610. The zero-order valence-electron chi connectivity index (χ0n) is 15.5. The van der Waals surface area contributed by atoms with Crippen molar-refractivity contribution in [2.75, 3.05) is 5.32 Å². The van der Waals surface area contributed by atoms with Crippen molar-refractivity contribution < 1.29 is 4.79 Å². The lowest BCUT2D eigenvalue weighted by Crippen LogP contribution is -2.56. The van der Waals surface area contributed by atoms with Crippen molar-refractivity contribution in [2.45, 2.75) is 56.9 Å². The maximum absolute atomic E-state index is 12.1. The van der Waals surface area contributed by atoms with Crippen LogP contribution in [0.25, 0.3) is 0 Å². The standard InChI is InChI=1S/C18H26Cl3N3OS/c1-5-12-8-7-9-13(6-2)15(12)23-17(26)24-16(18(19,20)21)22-14(25)10-11(3)4/h7-9,11,16H,5-6,10H2,1-4H3,(H,22,25)(H2,23,24,26). The minimum atomic E-state index is -1.75. The third-order valence-electron chi connectivity index (χ3n) is 3.74. The summed E-state index contributed by atoms with van der Waals surface area (Å²) in [5.74, 6) is -0.0190. The normalized spacial score (nSPS) is 12.6. The third kappa shape index (κ3) is 7.47. The molecule has 1 aromatic rings. The fraction of sp³-hybridized carbons (Fsp3) is 0.556. The highest BCUT2D eigenvalue weighted by molar-refractivity contribution is 7.80. The summed E-state index contributed by atoms with van der Waals surface area (Å²) in [6.07, 6.45) is 1.10. The second kappa shape index (κ2) is 10.5. The molecule has 146 valence electrons. The molecule has 4 nitrogen and oxygen atoms in total. The van der Waals surface area contributed by atoms with Crippen molar-refractivity contribution in [3.8, 4) is 0 Å². The Balaban J connectivity index is 2.90. The zero-order chi connectivity index (χ0) is 19.9. The van der Waals surface area contributed by atoms with Gasteiger partial charge in [-0.1, -0.05) is 80.7 Å². The van der Waals surface area contributed by atoms with Gasteiger partial charge in [0.2, 0.25) is 9.70 Å². The molecule has 3 N–H and O–H groups in total. The number of carbonyl (C=O) groups excluding carboxylic acids is 1. The van der Waals surface area contributed by atoms with Crippen molar-refractivity contribution in [2.24, 2.45) is 5.92 Å². The van der Waals surface area contributed by atoms with Gasteiger partial charge in [-0.25, -0.2) is 0 Å². The average molecular weight is 439 g/mol. The number of alkyl halides is 3. The summed E-state index contributed by atoms with van der Waals surface area (Å²) in [6, 6.07) is 6.11. The Morgan fingerprint density at radius 1 is 1.12 bits per heavy atom. The molecule has 0 heterocycles. The molecule has 1 aromatic carbocycles. The van der Waals surface area contributed by atoms with Gasteiger partial charge in [0.1, 0.15) is 6.17 Å². The summed E-state index contributed by atoms with van der Waals surface area (Å²) in [5, 5.41) is 9.06. The van der Waals surface area contributed by atoms with Crippen LogP contribution in [0.3, 0.4) is 0 Å². The van der Waals surface area contributed by atoms with Crippen LogP contribution in [0, 0.1) is 5.92 Å². The highest BCUT2D eigenvalue weighted by Crippen LogP contribution is 2.29. The Kier molecular flexibility index (Phi) is 9.45. The van der Waals surface area contributed by atoms with E-state index in [0.717, 1.165) is 29.7 Å². The summed E-state index contributed by atoms with van der Waals surface area (Å²) < 4.78 is -1.75. The van der Waals surface area contributed by atoms with Gasteiger partial charge in [-0.3, -0.25) is 4.79 Å². The van der Waals surface area contributed by atoms with Gasteiger partial charge in [0.25, 0.3) is 0 Å². The number of aryl methyl sites for hydroxylation is 2. The molecule has 0 radical (unpaired) electrons. The molecule has 1 rings (SSSR count). The summed E-state index contributed by atoms with van der Waals surface area (Å²) in [4.78, 5) is 12.1. The molecular formula is C18H26Cl3N3OS. The van der Waals surface area contributed by atoms with Gasteiger partial charge in [0.05, 0.1) is 0 Å². The Morgan fingerprint density at radius 2 is 1.65 bits per heavy atom. The summed E-state index contributed by atoms with van der Waals surface area (Å²) >= 11 is 23.4. The van der Waals surface area contributed by atoms with Gasteiger partial charge in [0, 0.05) is 12.1 Å². The van der Waals surface area contributed by atoms with E-state index in [-0.39, 0.29) is 16.9 Å². The molecule has 0 fully saturated rings. The van der Waals surface area contributed by atoms with E-state index in [4.69, 9.17) is 47.0 Å². The maximum atomic E-state index is 12.1. The van der Waals surface area contributed by atoms with E-state index < -0.39 is 9.96 Å². The minimum absolute atomic E-state index is 0.194. The molecule has 26 heavy (non-hydrogen) atoms. The molecule has 8 heteroatoms. The zero-order valence-corrected chi connectivity index (χ0v) is 18.5. The van der Waals surface area contributed by atoms with E-state index in [0.29, 0.717) is 6.42 Å². The topological polar surface area (TPSA) is 53.2 Å². The van der Waals surface area contributed by atoms with Crippen LogP contribution in [0.2, 0.25) is 0 Å². The van der Waals surface area contributed by atoms with Gasteiger partial charge in [0.15, 0.2) is 5.11 Å². The fourth-order valence-electron chi connectivity index (χ4n) is 2.47. The van der Waals surface area contributed by atoms with E-state index in [2.05, 4.69) is 29.8 Å². The van der Waals surface area contributed by atoms with Gasteiger partial charge in [-0.05, 0) is 42.1 Å². The van der Waals surface area contributed by atoms with E-state index in [1.807, 2.05) is 32.0 Å². The highest BCUT2D eigenvalue weighted by Gasteiger charge is 2.34. The minimum Gasteiger partial charge on any atom is -0.339 e. The Morgan fingerprint density at radius 3 is 2.08 bits per heavy atom. The summed E-state index contributed by atoms with van der Waals surface area (Å²) in [6.45, 7) is 8.04. The van der Waals surface area contributed by atoms with Gasteiger partial charge in [-0.15, -0.1) is 0 Å². The van der Waals surface area contributed by atoms with Crippen molar-refractivity contribution in [3.63, 3.8) is 0 Å². The molecular weight excluding hydrogens is 413 g/mol. The summed E-state index contributed by atoms with van der Waals surface area (Å²) in [7, 11) is 0. The van der Waals surface area contributed by atoms with E-state index >= 15 is 0 Å². The average Bonchev–Trinajstić information content (AvgIpc) is 2.52. The van der Waals surface area contributed by atoms with Crippen molar-refractivity contribution in [1.29, 1.82) is 0 Å². The Labute approximate surface area is 176 Å². The van der Waals surface area contributed by atoms with Crippen LogP contribution in [-0.2, 0) is 17.6 Å². The number of rotatable bonds is 7. The van der Waals surface area contributed by atoms with Crippen LogP contribution in [0.1, 0.15) is 45.2 Å². The first-order valence-corrected chi connectivity index (χ1v) is 10.2. The largest absolute Gasteiger partial charge is 0.339 e. The van der Waals surface area contributed by atoms with Crippen molar-refractivity contribution in [3.05, 3.63) is 29.3 Å². The number of nitrogens with one attached hydrogen (secondary N) is 3. The third-order valence-corrected chi connectivity index (χ3v) is 4.61. The fourth-order valence-corrected chi connectivity index (χ4v) is 3.02. The van der Waals surface area contributed by atoms with Gasteiger partial charge in [-0.2, -0.15) is 0 Å². The molecule has 0 saturated heterocycles. The van der Waals surface area contributed by atoms with Crippen molar-refractivity contribution >= 4 is 63.7 Å². The molecule has 1 amide bonds. The molecule has 0 aliphatic heterocycles. The number of thiocarbonyl (C=S) groups is 1.